The van der Waals surface area contributed by atoms with Gasteiger partial charge in [0.1, 0.15) is 5.82 Å². The predicted molar refractivity (Wildman–Crippen MR) is 70.3 cm³/mol. The molecule has 0 spiro atoms. The number of nitrogens with two attached hydrogens (primary N) is 1. The molecule has 1 saturated heterocycles. The second kappa shape index (κ2) is 4.30. The van der Waals surface area contributed by atoms with Gasteiger partial charge in [-0.1, -0.05) is 6.07 Å². The molecule has 0 atom stereocenters. The molecule has 2 N–H and O–H groups in total. The molecule has 0 aromatic carbocycles. The van der Waals surface area contributed by atoms with E-state index in [-0.39, 0.29) is 5.41 Å². The number of piperidine rings is 1. The van der Waals surface area contributed by atoms with E-state index in [1.807, 2.05) is 6.20 Å². The van der Waals surface area contributed by atoms with Crippen LogP contribution in [0.1, 0.15) is 37.7 Å². The Morgan fingerprint density at radius 3 is 2.65 bits per heavy atom. The van der Waals surface area contributed by atoms with Crippen molar-refractivity contribution in [3.8, 4) is 0 Å². The molecule has 0 unspecified atom stereocenters. The topological polar surface area (TPSA) is 42.1 Å². The van der Waals surface area contributed by atoms with Crippen molar-refractivity contribution in [2.45, 2.75) is 37.5 Å². The van der Waals surface area contributed by atoms with Crippen LogP contribution in [0.5, 0.6) is 0 Å². The molecule has 0 radical (unpaired) electrons. The van der Waals surface area contributed by atoms with E-state index in [1.54, 1.807) is 0 Å². The molecule has 0 bridgehead atoms. The third kappa shape index (κ3) is 1.93. The molecule has 1 aromatic heterocycles. The van der Waals surface area contributed by atoms with Gasteiger partial charge in [0.25, 0.3) is 0 Å². The fourth-order valence-electron chi connectivity index (χ4n) is 2.90. The second-order valence-electron chi connectivity index (χ2n) is 5.41. The SMILES string of the molecule is NCC1(c2cccnc2N2CCCCC2)CC1. The molecular formula is C14H21N3. The molecule has 2 fully saturated rings. The molecule has 3 rings (SSSR count). The van der Waals surface area contributed by atoms with Crippen LogP contribution in [0.4, 0.5) is 5.82 Å². The average Bonchev–Trinajstić information content (AvgIpc) is 3.21. The maximum absolute atomic E-state index is 5.95. The fourth-order valence-corrected chi connectivity index (χ4v) is 2.90. The third-order valence-corrected chi connectivity index (χ3v) is 4.26. The highest BCUT2D eigenvalue weighted by Crippen LogP contribution is 2.50. The fraction of sp³-hybridized carbons (Fsp3) is 0.643. The molecular weight excluding hydrogens is 210 g/mol. The number of pyridine rings is 1. The van der Waals surface area contributed by atoms with Crippen molar-refractivity contribution in [1.82, 2.24) is 4.98 Å². The van der Waals surface area contributed by atoms with Gasteiger partial charge in [0.2, 0.25) is 0 Å². The Morgan fingerprint density at radius 1 is 1.24 bits per heavy atom. The van der Waals surface area contributed by atoms with Gasteiger partial charge in [-0.25, -0.2) is 4.98 Å². The second-order valence-corrected chi connectivity index (χ2v) is 5.41. The monoisotopic (exact) mass is 231 g/mol. The number of hydrogen-bond acceptors (Lipinski definition) is 3. The number of nitrogens with zero attached hydrogens (tertiary/aromatic N) is 2. The van der Waals surface area contributed by atoms with Crippen LogP contribution in [0.2, 0.25) is 0 Å². The lowest BCUT2D eigenvalue weighted by molar-refractivity contribution is 0.567. The Morgan fingerprint density at radius 2 is 2.00 bits per heavy atom. The molecule has 17 heavy (non-hydrogen) atoms. The standard InChI is InChI=1S/C14H21N3/c15-11-14(6-7-14)12-5-4-8-16-13(12)17-9-2-1-3-10-17/h4-5,8H,1-3,6-7,9-11,15H2. The lowest BCUT2D eigenvalue weighted by Gasteiger charge is -2.31. The first-order valence-corrected chi connectivity index (χ1v) is 6.76. The number of rotatable bonds is 3. The van der Waals surface area contributed by atoms with Gasteiger partial charge in [-0.05, 0) is 38.2 Å². The minimum Gasteiger partial charge on any atom is -0.356 e. The lowest BCUT2D eigenvalue weighted by Crippen LogP contribution is -2.33. The van der Waals surface area contributed by atoms with E-state index in [2.05, 4.69) is 22.0 Å². The van der Waals surface area contributed by atoms with Crippen LogP contribution >= 0.6 is 0 Å². The maximum atomic E-state index is 5.95. The molecule has 1 aliphatic carbocycles. The molecule has 0 amide bonds. The van der Waals surface area contributed by atoms with Gasteiger partial charge < -0.3 is 10.6 Å². The van der Waals surface area contributed by atoms with Crippen molar-refractivity contribution in [2.75, 3.05) is 24.5 Å². The Balaban J connectivity index is 1.93. The molecule has 1 saturated carbocycles. The van der Waals surface area contributed by atoms with E-state index in [9.17, 15) is 0 Å². The van der Waals surface area contributed by atoms with Crippen molar-refractivity contribution in [3.05, 3.63) is 23.9 Å². The van der Waals surface area contributed by atoms with Crippen molar-refractivity contribution in [2.24, 2.45) is 5.73 Å². The van der Waals surface area contributed by atoms with Crippen LogP contribution in [0, 0.1) is 0 Å². The third-order valence-electron chi connectivity index (χ3n) is 4.26. The molecule has 2 aliphatic rings. The van der Waals surface area contributed by atoms with E-state index < -0.39 is 0 Å². The van der Waals surface area contributed by atoms with Gasteiger partial charge in [-0.15, -0.1) is 0 Å². The summed E-state index contributed by atoms with van der Waals surface area (Å²) < 4.78 is 0. The molecule has 1 aliphatic heterocycles. The highest BCUT2D eigenvalue weighted by Gasteiger charge is 2.45. The normalized spacial score (nSPS) is 22.5. The molecule has 1 aromatic rings. The first-order chi connectivity index (χ1) is 8.36. The van der Waals surface area contributed by atoms with Crippen LogP contribution < -0.4 is 10.6 Å². The summed E-state index contributed by atoms with van der Waals surface area (Å²) in [5.41, 5.74) is 7.60. The molecule has 3 nitrogen and oxygen atoms in total. The first-order valence-electron chi connectivity index (χ1n) is 6.76. The quantitative estimate of drug-likeness (QED) is 0.866. The summed E-state index contributed by atoms with van der Waals surface area (Å²) in [4.78, 5) is 7.08. The van der Waals surface area contributed by atoms with Gasteiger partial charge in [0.15, 0.2) is 0 Å². The summed E-state index contributed by atoms with van der Waals surface area (Å²) in [6.07, 6.45) is 8.34. The van der Waals surface area contributed by atoms with Crippen LogP contribution in [-0.4, -0.2) is 24.6 Å². The average molecular weight is 231 g/mol. The van der Waals surface area contributed by atoms with Gasteiger partial charge in [-0.3, -0.25) is 0 Å². The largest absolute Gasteiger partial charge is 0.356 e. The summed E-state index contributed by atoms with van der Waals surface area (Å²) in [6.45, 7) is 3.08. The summed E-state index contributed by atoms with van der Waals surface area (Å²) in [5, 5.41) is 0. The first kappa shape index (κ1) is 11.0. The van der Waals surface area contributed by atoms with Gasteiger partial charge in [0, 0.05) is 36.8 Å². The minimum atomic E-state index is 0.251. The maximum Gasteiger partial charge on any atom is 0.132 e. The highest BCUT2D eigenvalue weighted by molar-refractivity contribution is 5.53. The minimum absolute atomic E-state index is 0.251. The van der Waals surface area contributed by atoms with Gasteiger partial charge >= 0.3 is 0 Å². The number of anilines is 1. The van der Waals surface area contributed by atoms with Gasteiger partial charge in [-0.2, -0.15) is 0 Å². The smallest absolute Gasteiger partial charge is 0.132 e. The van der Waals surface area contributed by atoms with E-state index in [4.69, 9.17) is 5.73 Å². The summed E-state index contributed by atoms with van der Waals surface area (Å²) in [6, 6.07) is 4.29. The van der Waals surface area contributed by atoms with Crippen molar-refractivity contribution in [3.63, 3.8) is 0 Å². The van der Waals surface area contributed by atoms with Crippen LogP contribution in [0.15, 0.2) is 18.3 Å². The van der Waals surface area contributed by atoms with Gasteiger partial charge in [0.05, 0.1) is 0 Å². The lowest BCUT2D eigenvalue weighted by atomic mass is 9.95. The molecule has 92 valence electrons. The van der Waals surface area contributed by atoms with Crippen molar-refractivity contribution in [1.29, 1.82) is 0 Å². The summed E-state index contributed by atoms with van der Waals surface area (Å²) in [7, 11) is 0. The molecule has 3 heteroatoms. The van der Waals surface area contributed by atoms with E-state index in [0.29, 0.717) is 0 Å². The van der Waals surface area contributed by atoms with Crippen molar-refractivity contribution >= 4 is 5.82 Å². The highest BCUT2D eigenvalue weighted by atomic mass is 15.2. The Bertz CT molecular complexity index is 392. The zero-order valence-electron chi connectivity index (χ0n) is 10.4. The van der Waals surface area contributed by atoms with E-state index in [1.165, 1.54) is 43.5 Å². The Hall–Kier alpha value is -1.09. The van der Waals surface area contributed by atoms with Crippen LogP contribution in [-0.2, 0) is 5.41 Å². The van der Waals surface area contributed by atoms with E-state index in [0.717, 1.165) is 19.6 Å². The Kier molecular flexibility index (Phi) is 2.79. The van der Waals surface area contributed by atoms with Crippen molar-refractivity contribution < 1.29 is 0 Å². The summed E-state index contributed by atoms with van der Waals surface area (Å²) in [5.74, 6) is 1.20. The van der Waals surface area contributed by atoms with Crippen LogP contribution in [0.25, 0.3) is 0 Å². The zero-order chi connectivity index (χ0) is 11.7. The summed E-state index contributed by atoms with van der Waals surface area (Å²) >= 11 is 0. The zero-order valence-corrected chi connectivity index (χ0v) is 10.4. The number of hydrogen-bond donors (Lipinski definition) is 1. The molecule has 2 heterocycles. The predicted octanol–water partition coefficient (Wildman–Crippen LogP) is 2.06. The van der Waals surface area contributed by atoms with Crippen LogP contribution in [0.3, 0.4) is 0 Å². The van der Waals surface area contributed by atoms with E-state index >= 15 is 0 Å². The number of aromatic nitrogens is 1. The Labute approximate surface area is 103 Å².